The molecule has 1 saturated heterocycles. The molecule has 5 heteroatoms. The number of hydrogen-bond donors (Lipinski definition) is 0. The fraction of sp³-hybridized carbons (Fsp3) is 0.321. The van der Waals surface area contributed by atoms with Crippen molar-refractivity contribution in [3.63, 3.8) is 0 Å². The number of hydrogen-bond acceptors (Lipinski definition) is 3. The number of piperazine rings is 1. The maximum absolute atomic E-state index is 13.8. The van der Waals surface area contributed by atoms with Gasteiger partial charge in [0.25, 0.3) is 5.91 Å². The van der Waals surface area contributed by atoms with E-state index in [0.29, 0.717) is 26.2 Å². The van der Waals surface area contributed by atoms with Crippen LogP contribution in [0.2, 0.25) is 0 Å². The van der Waals surface area contributed by atoms with Gasteiger partial charge >= 0.3 is 0 Å². The van der Waals surface area contributed by atoms with E-state index >= 15 is 0 Å². The van der Waals surface area contributed by atoms with Gasteiger partial charge in [-0.25, -0.2) is 4.98 Å². The van der Waals surface area contributed by atoms with Crippen LogP contribution in [0.3, 0.4) is 0 Å². The lowest BCUT2D eigenvalue weighted by atomic mass is 9.85. The Bertz CT molecular complexity index is 1250. The van der Waals surface area contributed by atoms with Gasteiger partial charge < -0.3 is 9.80 Å². The summed E-state index contributed by atoms with van der Waals surface area (Å²) < 4.78 is 0. The number of rotatable bonds is 2. The first-order valence-electron chi connectivity index (χ1n) is 11.8. The zero-order valence-electron chi connectivity index (χ0n) is 19.3. The van der Waals surface area contributed by atoms with Gasteiger partial charge in [-0.2, -0.15) is 0 Å². The van der Waals surface area contributed by atoms with Crippen molar-refractivity contribution >= 4 is 34.4 Å². The zero-order valence-corrected chi connectivity index (χ0v) is 19.3. The average molecular weight is 440 g/mol. The Kier molecular flexibility index (Phi) is 5.71. The van der Waals surface area contributed by atoms with E-state index in [0.717, 1.165) is 52.5 Å². The number of fused-ring (bicyclic) bond motifs is 2. The second kappa shape index (κ2) is 8.81. The van der Waals surface area contributed by atoms with Gasteiger partial charge in [0.1, 0.15) is 0 Å². The van der Waals surface area contributed by atoms with Crippen LogP contribution < -0.4 is 0 Å². The van der Waals surface area contributed by atoms with Gasteiger partial charge in [0.15, 0.2) is 0 Å². The number of amides is 2. The molecule has 0 saturated carbocycles. The first kappa shape index (κ1) is 21.4. The molecule has 0 N–H and O–H groups in total. The Morgan fingerprint density at radius 3 is 2.33 bits per heavy atom. The monoisotopic (exact) mass is 439 g/mol. The smallest absolute Gasteiger partial charge is 0.255 e. The molecule has 2 amide bonds. The fourth-order valence-corrected chi connectivity index (χ4v) is 4.97. The first-order valence-corrected chi connectivity index (χ1v) is 11.8. The van der Waals surface area contributed by atoms with Crippen LogP contribution in [0, 0.1) is 6.92 Å². The zero-order chi connectivity index (χ0) is 22.9. The lowest BCUT2D eigenvalue weighted by Crippen LogP contribution is -2.50. The predicted molar refractivity (Wildman–Crippen MR) is 132 cm³/mol. The molecule has 2 heterocycles. The number of carbonyl (C=O) groups excluding carboxylic acids is 2. The molecule has 3 aromatic rings. The van der Waals surface area contributed by atoms with Crippen LogP contribution in [0.15, 0.2) is 48.5 Å². The molecule has 1 fully saturated rings. The van der Waals surface area contributed by atoms with Gasteiger partial charge in [0.05, 0.1) is 16.8 Å². The van der Waals surface area contributed by atoms with Crippen LogP contribution in [0.5, 0.6) is 0 Å². The third kappa shape index (κ3) is 4.15. The number of nitrogens with zero attached hydrogens (tertiary/aromatic N) is 3. The maximum Gasteiger partial charge on any atom is 0.255 e. The van der Waals surface area contributed by atoms with Crippen molar-refractivity contribution in [1.82, 2.24) is 14.8 Å². The highest BCUT2D eigenvalue weighted by atomic mass is 16.2. The molecular weight excluding hydrogens is 410 g/mol. The van der Waals surface area contributed by atoms with E-state index in [1.807, 2.05) is 34.1 Å². The second-order valence-corrected chi connectivity index (χ2v) is 9.06. The van der Waals surface area contributed by atoms with E-state index in [1.54, 1.807) is 6.92 Å². The van der Waals surface area contributed by atoms with E-state index in [-0.39, 0.29) is 11.8 Å². The molecule has 0 radical (unpaired) electrons. The van der Waals surface area contributed by atoms with E-state index in [1.165, 1.54) is 11.1 Å². The maximum atomic E-state index is 13.8. The molecular formula is C28H29N3O2. The highest BCUT2D eigenvalue weighted by Crippen LogP contribution is 2.36. The summed E-state index contributed by atoms with van der Waals surface area (Å²) in [4.78, 5) is 34.3. The number of carbonyl (C=O) groups is 2. The standard InChI is InChI=1S/C28H29N3O2/c1-19-10-12-21(13-11-19)18-22-6-5-8-24-26(23-7-3-4-9-25(23)29-27(22)24)28(33)31-16-14-30(15-17-31)20(2)32/h3-4,7,9-13,18H,5-6,8,14-17H2,1-2H3/b22-18+. The van der Waals surface area contributed by atoms with Gasteiger partial charge in [-0.3, -0.25) is 9.59 Å². The summed E-state index contributed by atoms with van der Waals surface area (Å²) in [7, 11) is 0. The highest BCUT2D eigenvalue weighted by molar-refractivity contribution is 6.09. The van der Waals surface area contributed by atoms with Crippen molar-refractivity contribution in [3.05, 3.63) is 76.5 Å². The summed E-state index contributed by atoms with van der Waals surface area (Å²) in [6.07, 6.45) is 5.03. The van der Waals surface area contributed by atoms with Crippen molar-refractivity contribution in [2.75, 3.05) is 26.2 Å². The van der Waals surface area contributed by atoms with Crippen LogP contribution in [0.25, 0.3) is 22.6 Å². The first-order chi connectivity index (χ1) is 16.0. The van der Waals surface area contributed by atoms with E-state index in [2.05, 4.69) is 37.3 Å². The van der Waals surface area contributed by atoms with Crippen LogP contribution >= 0.6 is 0 Å². The third-order valence-corrected chi connectivity index (χ3v) is 6.81. The average Bonchev–Trinajstić information content (AvgIpc) is 2.84. The number of benzene rings is 2. The van der Waals surface area contributed by atoms with Crippen LogP contribution in [-0.4, -0.2) is 52.8 Å². The summed E-state index contributed by atoms with van der Waals surface area (Å²) in [5.41, 5.74) is 7.28. The Hall–Kier alpha value is -3.47. The topological polar surface area (TPSA) is 53.5 Å². The molecule has 168 valence electrons. The number of allylic oxidation sites excluding steroid dienone is 1. The largest absolute Gasteiger partial charge is 0.339 e. The van der Waals surface area contributed by atoms with Crippen molar-refractivity contribution in [3.8, 4) is 0 Å². The molecule has 2 aromatic carbocycles. The molecule has 0 bridgehead atoms. The summed E-state index contributed by atoms with van der Waals surface area (Å²) in [6, 6.07) is 16.5. The normalized spacial score (nSPS) is 17.3. The Morgan fingerprint density at radius 2 is 1.61 bits per heavy atom. The summed E-state index contributed by atoms with van der Waals surface area (Å²) >= 11 is 0. The molecule has 1 aliphatic carbocycles. The Morgan fingerprint density at radius 1 is 0.909 bits per heavy atom. The third-order valence-electron chi connectivity index (χ3n) is 6.81. The molecule has 5 rings (SSSR count). The van der Waals surface area contributed by atoms with Gasteiger partial charge in [-0.15, -0.1) is 0 Å². The molecule has 0 spiro atoms. The molecule has 1 aromatic heterocycles. The number of aryl methyl sites for hydroxylation is 1. The molecule has 0 unspecified atom stereocenters. The van der Waals surface area contributed by atoms with E-state index in [9.17, 15) is 9.59 Å². The SMILES string of the molecule is CC(=O)N1CCN(C(=O)c2c3c(nc4ccccc24)/C(=C/c2ccc(C)cc2)CCC3)CC1. The van der Waals surface area contributed by atoms with Crippen LogP contribution in [-0.2, 0) is 11.2 Å². The summed E-state index contributed by atoms with van der Waals surface area (Å²) in [5.74, 6) is 0.129. The number of para-hydroxylation sites is 1. The number of aromatic nitrogens is 1. The highest BCUT2D eigenvalue weighted by Gasteiger charge is 2.29. The fourth-order valence-electron chi connectivity index (χ4n) is 4.97. The van der Waals surface area contributed by atoms with Crippen molar-refractivity contribution < 1.29 is 9.59 Å². The molecule has 1 aliphatic heterocycles. The van der Waals surface area contributed by atoms with Gasteiger partial charge in [0.2, 0.25) is 5.91 Å². The lowest BCUT2D eigenvalue weighted by molar-refractivity contribution is -0.130. The Balaban J connectivity index is 1.59. The van der Waals surface area contributed by atoms with Crippen LogP contribution in [0.1, 0.15) is 52.5 Å². The minimum absolute atomic E-state index is 0.0598. The predicted octanol–water partition coefficient (Wildman–Crippen LogP) is 4.72. The van der Waals surface area contributed by atoms with Crippen molar-refractivity contribution in [1.29, 1.82) is 0 Å². The minimum atomic E-state index is 0.0598. The number of pyridine rings is 1. The molecule has 2 aliphatic rings. The van der Waals surface area contributed by atoms with Gasteiger partial charge in [0, 0.05) is 38.5 Å². The van der Waals surface area contributed by atoms with Crippen LogP contribution in [0.4, 0.5) is 0 Å². The van der Waals surface area contributed by atoms with Gasteiger partial charge in [-0.05, 0) is 55.0 Å². The molecule has 5 nitrogen and oxygen atoms in total. The minimum Gasteiger partial charge on any atom is -0.339 e. The quantitative estimate of drug-likeness (QED) is 0.580. The van der Waals surface area contributed by atoms with Gasteiger partial charge in [-0.1, -0.05) is 48.0 Å². The van der Waals surface area contributed by atoms with Crippen molar-refractivity contribution in [2.45, 2.75) is 33.1 Å². The van der Waals surface area contributed by atoms with E-state index in [4.69, 9.17) is 4.98 Å². The lowest BCUT2D eigenvalue weighted by Gasteiger charge is -2.35. The summed E-state index contributed by atoms with van der Waals surface area (Å²) in [5, 5.41) is 0.923. The Labute approximate surface area is 194 Å². The molecule has 0 atom stereocenters. The second-order valence-electron chi connectivity index (χ2n) is 9.06. The summed E-state index contributed by atoms with van der Waals surface area (Å²) in [6.45, 7) is 5.99. The van der Waals surface area contributed by atoms with Crippen molar-refractivity contribution in [2.24, 2.45) is 0 Å². The molecule has 33 heavy (non-hydrogen) atoms. The van der Waals surface area contributed by atoms with E-state index < -0.39 is 0 Å².